The molecule has 3 aromatic carbocycles. The van der Waals surface area contributed by atoms with Crippen LogP contribution in [0.25, 0.3) is 32.9 Å². The molecule has 6 rings (SSSR count). The first-order valence-corrected chi connectivity index (χ1v) is 12.1. The van der Waals surface area contributed by atoms with E-state index in [-0.39, 0.29) is 18.1 Å². The minimum atomic E-state index is -0.214. The number of hydrogen-bond donors (Lipinski definition) is 2. The molecule has 4 aromatic rings. The second kappa shape index (κ2) is 7.69. The number of aryl methyl sites for hydroxylation is 1. The number of hydrogen-bond acceptors (Lipinski definition) is 3. The Bertz CT molecular complexity index is 1470. The number of amides is 1. The average Bonchev–Trinajstić information content (AvgIpc) is 3.47. The molecule has 1 amide bonds. The fraction of sp³-hybridized carbons (Fsp3) is 0.345. The number of ether oxygens (including phenoxy) is 1. The van der Waals surface area contributed by atoms with E-state index in [1.807, 2.05) is 0 Å². The number of nitrogens with one attached hydrogen (secondary N) is 1. The van der Waals surface area contributed by atoms with Crippen LogP contribution in [0.2, 0.25) is 0 Å². The molecule has 2 aliphatic rings. The third-order valence-electron chi connectivity index (χ3n) is 7.09. The minimum Gasteiger partial charge on any atom is -0.396 e. The Morgan fingerprint density at radius 3 is 2.71 bits per heavy atom. The van der Waals surface area contributed by atoms with Gasteiger partial charge in [0, 0.05) is 48.0 Å². The van der Waals surface area contributed by atoms with Crippen molar-refractivity contribution in [3.05, 3.63) is 70.3 Å². The summed E-state index contributed by atoms with van der Waals surface area (Å²) in [6.07, 6.45) is 1.50. The van der Waals surface area contributed by atoms with Gasteiger partial charge < -0.3 is 19.7 Å². The second-order valence-electron chi connectivity index (χ2n) is 10.4. The fourth-order valence-corrected chi connectivity index (χ4v) is 5.68. The van der Waals surface area contributed by atoms with Gasteiger partial charge in [-0.2, -0.15) is 0 Å². The number of aromatic nitrogens is 1. The molecule has 174 valence electrons. The first-order chi connectivity index (χ1) is 16.4. The van der Waals surface area contributed by atoms with Crippen LogP contribution in [0.5, 0.6) is 0 Å². The SMILES string of the molecule is CC(C)(C)OCc1ccc2c(c1)c1c3c(c4c(c1n2CCCO)Cc1ccccc1-4)C(=O)NC3. The van der Waals surface area contributed by atoms with E-state index >= 15 is 0 Å². The van der Waals surface area contributed by atoms with E-state index in [9.17, 15) is 9.90 Å². The summed E-state index contributed by atoms with van der Waals surface area (Å²) in [5, 5.41) is 15.1. The molecule has 1 aliphatic carbocycles. The zero-order valence-corrected chi connectivity index (χ0v) is 20.0. The van der Waals surface area contributed by atoms with Gasteiger partial charge in [0.2, 0.25) is 0 Å². The van der Waals surface area contributed by atoms with Crippen molar-refractivity contribution in [1.82, 2.24) is 9.88 Å². The maximum atomic E-state index is 13.1. The van der Waals surface area contributed by atoms with Crippen molar-refractivity contribution in [2.24, 2.45) is 0 Å². The van der Waals surface area contributed by atoms with Gasteiger partial charge in [-0.05, 0) is 67.1 Å². The first kappa shape index (κ1) is 21.4. The third-order valence-corrected chi connectivity index (χ3v) is 7.09. The van der Waals surface area contributed by atoms with E-state index in [2.05, 4.69) is 73.1 Å². The third kappa shape index (κ3) is 3.18. The quantitative estimate of drug-likeness (QED) is 0.378. The van der Waals surface area contributed by atoms with Gasteiger partial charge in [-0.15, -0.1) is 0 Å². The number of carbonyl (C=O) groups excluding carboxylic acids is 1. The van der Waals surface area contributed by atoms with Crippen LogP contribution in [0.1, 0.15) is 59.8 Å². The van der Waals surface area contributed by atoms with Gasteiger partial charge in [0.1, 0.15) is 0 Å². The molecule has 1 aliphatic heterocycles. The van der Waals surface area contributed by atoms with Gasteiger partial charge in [0.25, 0.3) is 5.91 Å². The highest BCUT2D eigenvalue weighted by Gasteiger charge is 2.35. The Morgan fingerprint density at radius 2 is 1.91 bits per heavy atom. The lowest BCUT2D eigenvalue weighted by molar-refractivity contribution is -0.0149. The number of nitrogens with zero attached hydrogens (tertiary/aromatic N) is 1. The van der Waals surface area contributed by atoms with Crippen LogP contribution < -0.4 is 5.32 Å². The highest BCUT2D eigenvalue weighted by Crippen LogP contribution is 2.48. The summed E-state index contributed by atoms with van der Waals surface area (Å²) in [5.41, 5.74) is 9.96. The van der Waals surface area contributed by atoms with Crippen LogP contribution in [0.3, 0.4) is 0 Å². The Morgan fingerprint density at radius 1 is 1.09 bits per heavy atom. The molecule has 2 heterocycles. The summed E-state index contributed by atoms with van der Waals surface area (Å²) in [5.74, 6) is 0.0216. The molecule has 5 heteroatoms. The molecular formula is C29H30N2O3. The first-order valence-electron chi connectivity index (χ1n) is 12.1. The van der Waals surface area contributed by atoms with Crippen molar-refractivity contribution < 1.29 is 14.6 Å². The zero-order valence-electron chi connectivity index (χ0n) is 20.0. The average molecular weight is 455 g/mol. The second-order valence-corrected chi connectivity index (χ2v) is 10.4. The summed E-state index contributed by atoms with van der Waals surface area (Å²) in [4.78, 5) is 13.1. The number of rotatable bonds is 5. The predicted octanol–water partition coefficient (Wildman–Crippen LogP) is 5.31. The van der Waals surface area contributed by atoms with E-state index in [1.165, 1.54) is 27.6 Å². The van der Waals surface area contributed by atoms with Gasteiger partial charge in [0.15, 0.2) is 0 Å². The molecule has 0 fully saturated rings. The van der Waals surface area contributed by atoms with Crippen LogP contribution in [0.15, 0.2) is 42.5 Å². The van der Waals surface area contributed by atoms with Gasteiger partial charge in [0.05, 0.1) is 23.3 Å². The molecule has 34 heavy (non-hydrogen) atoms. The van der Waals surface area contributed by atoms with E-state index in [0.29, 0.717) is 19.6 Å². The minimum absolute atomic E-state index is 0.0216. The van der Waals surface area contributed by atoms with Crippen molar-refractivity contribution in [3.63, 3.8) is 0 Å². The molecule has 0 saturated heterocycles. The van der Waals surface area contributed by atoms with Crippen molar-refractivity contribution in [3.8, 4) is 11.1 Å². The summed E-state index contributed by atoms with van der Waals surface area (Å²) >= 11 is 0. The number of aliphatic hydroxyl groups is 1. The van der Waals surface area contributed by atoms with Gasteiger partial charge in [-0.1, -0.05) is 30.3 Å². The summed E-state index contributed by atoms with van der Waals surface area (Å²) < 4.78 is 8.43. The lowest BCUT2D eigenvalue weighted by Crippen LogP contribution is -2.18. The standard InChI is InChI=1S/C29H30N2O3/c1-29(2,3)34-16-17-9-10-23-20(13-17)25-22-15-30-28(33)26(22)24-19-8-5-4-7-18(19)14-21(24)27(25)31(23)11-6-12-32/h4-5,7-10,13,32H,6,11-12,14-16H2,1-3H3,(H,30,33). The summed E-state index contributed by atoms with van der Waals surface area (Å²) in [6, 6.07) is 15.0. The molecule has 0 radical (unpaired) electrons. The van der Waals surface area contributed by atoms with Gasteiger partial charge in [-0.25, -0.2) is 0 Å². The topological polar surface area (TPSA) is 63.5 Å². The van der Waals surface area contributed by atoms with E-state index in [0.717, 1.165) is 46.1 Å². The summed E-state index contributed by atoms with van der Waals surface area (Å²) in [6.45, 7) is 8.16. The number of carbonyl (C=O) groups is 1. The number of aliphatic hydroxyl groups excluding tert-OH is 1. The lowest BCUT2D eigenvalue weighted by atomic mass is 9.92. The van der Waals surface area contributed by atoms with Crippen molar-refractivity contribution in [2.75, 3.05) is 6.61 Å². The fourth-order valence-electron chi connectivity index (χ4n) is 5.68. The Hall–Kier alpha value is -3.15. The molecule has 2 N–H and O–H groups in total. The maximum Gasteiger partial charge on any atom is 0.252 e. The van der Waals surface area contributed by atoms with Crippen molar-refractivity contribution >= 4 is 27.7 Å². The highest BCUT2D eigenvalue weighted by molar-refractivity contribution is 6.20. The zero-order chi connectivity index (χ0) is 23.6. The maximum absolute atomic E-state index is 13.1. The Kier molecular flexibility index (Phi) is 4.84. The van der Waals surface area contributed by atoms with E-state index in [1.54, 1.807) is 0 Å². The largest absolute Gasteiger partial charge is 0.396 e. The monoisotopic (exact) mass is 454 g/mol. The molecule has 0 atom stereocenters. The van der Waals surface area contributed by atoms with Crippen LogP contribution >= 0.6 is 0 Å². The van der Waals surface area contributed by atoms with Crippen LogP contribution in [-0.4, -0.2) is 27.8 Å². The normalized spacial score (nSPS) is 14.5. The van der Waals surface area contributed by atoms with E-state index in [4.69, 9.17) is 4.74 Å². The molecule has 0 bridgehead atoms. The Labute approximate surface area is 199 Å². The Balaban J connectivity index is 1.68. The van der Waals surface area contributed by atoms with Crippen molar-refractivity contribution in [2.45, 2.75) is 58.9 Å². The molecule has 1 aromatic heterocycles. The van der Waals surface area contributed by atoms with E-state index < -0.39 is 0 Å². The number of benzene rings is 3. The van der Waals surface area contributed by atoms with Crippen LogP contribution in [0, 0.1) is 0 Å². The molecule has 0 unspecified atom stereocenters. The number of fused-ring (bicyclic) bond motifs is 10. The van der Waals surface area contributed by atoms with Crippen LogP contribution in [-0.2, 0) is 30.9 Å². The van der Waals surface area contributed by atoms with Crippen molar-refractivity contribution in [1.29, 1.82) is 0 Å². The summed E-state index contributed by atoms with van der Waals surface area (Å²) in [7, 11) is 0. The lowest BCUT2D eigenvalue weighted by Gasteiger charge is -2.19. The highest BCUT2D eigenvalue weighted by atomic mass is 16.5. The van der Waals surface area contributed by atoms with Gasteiger partial charge >= 0.3 is 0 Å². The van der Waals surface area contributed by atoms with Crippen LogP contribution in [0.4, 0.5) is 0 Å². The molecule has 0 spiro atoms. The molecular weight excluding hydrogens is 424 g/mol. The van der Waals surface area contributed by atoms with Gasteiger partial charge in [-0.3, -0.25) is 4.79 Å². The molecule has 5 nitrogen and oxygen atoms in total. The smallest absolute Gasteiger partial charge is 0.252 e. The molecule has 0 saturated carbocycles. The predicted molar refractivity (Wildman–Crippen MR) is 135 cm³/mol.